The van der Waals surface area contributed by atoms with Gasteiger partial charge < -0.3 is 4.90 Å². The maximum atomic E-state index is 12.0. The molecule has 1 heterocycles. The van der Waals surface area contributed by atoms with Gasteiger partial charge in [-0.1, -0.05) is 18.6 Å². The van der Waals surface area contributed by atoms with Crippen molar-refractivity contribution in [3.05, 3.63) is 12.2 Å². The van der Waals surface area contributed by atoms with Gasteiger partial charge in [0.15, 0.2) is 0 Å². The van der Waals surface area contributed by atoms with Gasteiger partial charge >= 0.3 is 0 Å². The van der Waals surface area contributed by atoms with Gasteiger partial charge in [0.25, 0.3) is 0 Å². The molecule has 76 valence electrons. The number of nitrogens with zero attached hydrogens (tertiary/aromatic N) is 1. The molecule has 2 heteroatoms. The second-order valence-corrected chi connectivity index (χ2v) is 5.05. The van der Waals surface area contributed by atoms with E-state index < -0.39 is 0 Å². The lowest BCUT2D eigenvalue weighted by Crippen LogP contribution is -2.30. The number of hydrogen-bond acceptors (Lipinski definition) is 1. The van der Waals surface area contributed by atoms with Crippen LogP contribution in [0.4, 0.5) is 0 Å². The summed E-state index contributed by atoms with van der Waals surface area (Å²) in [5.41, 5.74) is 0. The Morgan fingerprint density at radius 2 is 2.00 bits per heavy atom. The van der Waals surface area contributed by atoms with Crippen molar-refractivity contribution in [2.75, 3.05) is 13.6 Å². The molecule has 2 bridgehead atoms. The molecule has 4 rings (SSSR count). The van der Waals surface area contributed by atoms with E-state index in [1.165, 1.54) is 19.3 Å². The summed E-state index contributed by atoms with van der Waals surface area (Å²) in [5, 5.41) is 0. The molecule has 4 atom stereocenters. The standard InChI is InChI=1S/C12H17NO/c1-13-7-10-8-3-2-4-9(6-5-8)11(10)12(13)14/h5-6,8-11H,2-4,7H2,1H3. The third-order valence-electron chi connectivity index (χ3n) is 4.30. The summed E-state index contributed by atoms with van der Waals surface area (Å²) < 4.78 is 0. The first-order valence-electron chi connectivity index (χ1n) is 5.70. The molecule has 0 N–H and O–H groups in total. The van der Waals surface area contributed by atoms with Crippen LogP contribution in [0.25, 0.3) is 0 Å². The molecule has 0 aromatic heterocycles. The Morgan fingerprint density at radius 1 is 1.29 bits per heavy atom. The average Bonchev–Trinajstić information content (AvgIpc) is 2.42. The number of carbonyl (C=O) groups excluding carboxylic acids is 1. The zero-order chi connectivity index (χ0) is 9.71. The number of rotatable bonds is 0. The van der Waals surface area contributed by atoms with Crippen molar-refractivity contribution < 1.29 is 4.79 Å². The van der Waals surface area contributed by atoms with Crippen LogP contribution >= 0.6 is 0 Å². The van der Waals surface area contributed by atoms with E-state index >= 15 is 0 Å². The lowest BCUT2D eigenvalue weighted by molar-refractivity contribution is -0.131. The quantitative estimate of drug-likeness (QED) is 0.533. The van der Waals surface area contributed by atoms with E-state index in [-0.39, 0.29) is 0 Å². The van der Waals surface area contributed by atoms with E-state index in [0.29, 0.717) is 29.6 Å². The van der Waals surface area contributed by atoms with Crippen LogP contribution in [0.1, 0.15) is 19.3 Å². The Labute approximate surface area is 85.0 Å². The molecular weight excluding hydrogens is 174 g/mol. The van der Waals surface area contributed by atoms with Crippen LogP contribution in [0, 0.1) is 23.7 Å². The van der Waals surface area contributed by atoms with E-state index in [4.69, 9.17) is 0 Å². The van der Waals surface area contributed by atoms with Gasteiger partial charge in [0.1, 0.15) is 0 Å². The summed E-state index contributed by atoms with van der Waals surface area (Å²) in [5.74, 6) is 2.60. The molecule has 0 aromatic rings. The minimum absolute atomic E-state index is 0.331. The molecule has 4 aliphatic rings. The van der Waals surface area contributed by atoms with E-state index in [0.717, 1.165) is 6.54 Å². The first kappa shape index (κ1) is 8.51. The second kappa shape index (κ2) is 2.85. The highest BCUT2D eigenvalue weighted by Gasteiger charge is 2.48. The van der Waals surface area contributed by atoms with E-state index in [2.05, 4.69) is 12.2 Å². The van der Waals surface area contributed by atoms with E-state index in [1.54, 1.807) is 0 Å². The number of fused-ring (bicyclic) bond motifs is 2. The fraction of sp³-hybridized carbons (Fsp3) is 0.750. The molecule has 2 nitrogen and oxygen atoms in total. The van der Waals surface area contributed by atoms with Gasteiger partial charge in [0.2, 0.25) is 5.91 Å². The molecule has 1 saturated heterocycles. The summed E-state index contributed by atoms with van der Waals surface area (Å²) in [4.78, 5) is 13.9. The van der Waals surface area contributed by atoms with Gasteiger partial charge in [0, 0.05) is 19.5 Å². The van der Waals surface area contributed by atoms with Gasteiger partial charge in [-0.15, -0.1) is 0 Å². The Kier molecular flexibility index (Phi) is 1.73. The summed E-state index contributed by atoms with van der Waals surface area (Å²) in [6.45, 7) is 0.995. The topological polar surface area (TPSA) is 20.3 Å². The van der Waals surface area contributed by atoms with Gasteiger partial charge in [-0.3, -0.25) is 4.79 Å². The number of carbonyl (C=O) groups is 1. The smallest absolute Gasteiger partial charge is 0.226 e. The zero-order valence-electron chi connectivity index (χ0n) is 8.65. The molecule has 14 heavy (non-hydrogen) atoms. The third kappa shape index (κ3) is 0.999. The Hall–Kier alpha value is -0.790. The van der Waals surface area contributed by atoms with Crippen molar-refractivity contribution in [1.29, 1.82) is 0 Å². The second-order valence-electron chi connectivity index (χ2n) is 5.05. The fourth-order valence-electron chi connectivity index (χ4n) is 3.58. The lowest BCUT2D eigenvalue weighted by atomic mass is 9.73. The third-order valence-corrected chi connectivity index (χ3v) is 4.30. The van der Waals surface area contributed by atoms with E-state index in [1.807, 2.05) is 11.9 Å². The average molecular weight is 191 g/mol. The van der Waals surface area contributed by atoms with Crippen LogP contribution in [0.5, 0.6) is 0 Å². The highest BCUT2D eigenvalue weighted by Crippen LogP contribution is 2.46. The molecule has 0 spiro atoms. The predicted octanol–water partition coefficient (Wildman–Crippen LogP) is 1.68. The maximum Gasteiger partial charge on any atom is 0.226 e. The number of hydrogen-bond donors (Lipinski definition) is 0. The van der Waals surface area contributed by atoms with Gasteiger partial charge in [0.05, 0.1) is 0 Å². The molecule has 0 aromatic carbocycles. The summed E-state index contributed by atoms with van der Waals surface area (Å²) in [6.07, 6.45) is 8.54. The van der Waals surface area contributed by atoms with Crippen molar-refractivity contribution in [2.45, 2.75) is 19.3 Å². The van der Waals surface area contributed by atoms with Crippen LogP contribution < -0.4 is 0 Å². The van der Waals surface area contributed by atoms with Gasteiger partial charge in [-0.2, -0.15) is 0 Å². The Morgan fingerprint density at radius 3 is 2.86 bits per heavy atom. The maximum absolute atomic E-state index is 12.0. The largest absolute Gasteiger partial charge is 0.345 e. The van der Waals surface area contributed by atoms with Crippen LogP contribution in [0.2, 0.25) is 0 Å². The fourth-order valence-corrected chi connectivity index (χ4v) is 3.58. The Balaban J connectivity index is 1.99. The lowest BCUT2D eigenvalue weighted by Gasteiger charge is -2.28. The van der Waals surface area contributed by atoms with Crippen molar-refractivity contribution >= 4 is 5.91 Å². The molecule has 1 aliphatic heterocycles. The number of likely N-dealkylation sites (tertiary alicyclic amines) is 1. The highest BCUT2D eigenvalue weighted by atomic mass is 16.2. The summed E-state index contributed by atoms with van der Waals surface area (Å²) in [6, 6.07) is 0. The van der Waals surface area contributed by atoms with Crippen molar-refractivity contribution in [3.63, 3.8) is 0 Å². The van der Waals surface area contributed by atoms with Crippen molar-refractivity contribution in [3.8, 4) is 0 Å². The van der Waals surface area contributed by atoms with Gasteiger partial charge in [-0.05, 0) is 30.6 Å². The monoisotopic (exact) mass is 191 g/mol. The van der Waals surface area contributed by atoms with Crippen LogP contribution in [-0.2, 0) is 4.79 Å². The van der Waals surface area contributed by atoms with Crippen LogP contribution in [-0.4, -0.2) is 24.4 Å². The first-order valence-corrected chi connectivity index (χ1v) is 5.70. The number of allylic oxidation sites excluding steroid dienone is 2. The molecule has 4 unspecified atom stereocenters. The zero-order valence-corrected chi connectivity index (χ0v) is 8.65. The predicted molar refractivity (Wildman–Crippen MR) is 54.6 cm³/mol. The molecule has 1 saturated carbocycles. The molecule has 0 radical (unpaired) electrons. The highest BCUT2D eigenvalue weighted by molar-refractivity contribution is 5.82. The first-order chi connectivity index (χ1) is 6.77. The van der Waals surface area contributed by atoms with E-state index in [9.17, 15) is 4.79 Å². The summed E-state index contributed by atoms with van der Waals surface area (Å²) >= 11 is 0. The number of amides is 1. The van der Waals surface area contributed by atoms with Crippen molar-refractivity contribution in [2.24, 2.45) is 23.7 Å². The molecular formula is C12H17NO. The summed E-state index contributed by atoms with van der Waals surface area (Å²) in [7, 11) is 1.95. The minimum Gasteiger partial charge on any atom is -0.345 e. The SMILES string of the molecule is CN1CC2C3C=CC(CCC3)C2C1=O. The van der Waals surface area contributed by atoms with Crippen LogP contribution in [0.3, 0.4) is 0 Å². The Bertz CT molecular complexity index is 297. The van der Waals surface area contributed by atoms with Crippen molar-refractivity contribution in [1.82, 2.24) is 4.90 Å². The normalized spacial score (nSPS) is 45.5. The molecule has 1 amide bonds. The van der Waals surface area contributed by atoms with Crippen LogP contribution in [0.15, 0.2) is 12.2 Å². The molecule has 3 aliphatic carbocycles. The molecule has 2 fully saturated rings. The minimum atomic E-state index is 0.331. The van der Waals surface area contributed by atoms with Gasteiger partial charge in [-0.25, -0.2) is 0 Å².